The number of ether oxygens (including phenoxy) is 1. The van der Waals surface area contributed by atoms with Crippen molar-refractivity contribution in [2.45, 2.75) is 51.7 Å². The van der Waals surface area contributed by atoms with Crippen molar-refractivity contribution in [1.29, 1.82) is 0 Å². The monoisotopic (exact) mass is 281 g/mol. The molecule has 0 amide bonds. The van der Waals surface area contributed by atoms with E-state index in [1.807, 2.05) is 18.2 Å². The van der Waals surface area contributed by atoms with Crippen molar-refractivity contribution in [3.8, 4) is 0 Å². The fraction of sp³-hybridized carbons (Fsp3) is 0.625. The van der Waals surface area contributed by atoms with Crippen molar-refractivity contribution < 1.29 is 4.74 Å². The second-order valence-electron chi connectivity index (χ2n) is 5.59. The highest BCUT2D eigenvalue weighted by Crippen LogP contribution is 2.22. The Kier molecular flexibility index (Phi) is 5.53. The third kappa shape index (κ3) is 4.70. The fourth-order valence-corrected chi connectivity index (χ4v) is 2.76. The summed E-state index contributed by atoms with van der Waals surface area (Å²) in [5, 5.41) is 0.769. The van der Waals surface area contributed by atoms with Crippen LogP contribution in [0.15, 0.2) is 35.1 Å². The molecule has 0 aromatic carbocycles. The van der Waals surface area contributed by atoms with Crippen LogP contribution in [-0.2, 0) is 4.74 Å². The first kappa shape index (κ1) is 14.7. The molecule has 0 aromatic heterocycles. The molecule has 1 atom stereocenters. The van der Waals surface area contributed by atoms with Crippen molar-refractivity contribution in [2.24, 2.45) is 0 Å². The molecule has 1 aliphatic heterocycles. The van der Waals surface area contributed by atoms with Crippen LogP contribution in [0.4, 0.5) is 0 Å². The predicted molar refractivity (Wildman–Crippen MR) is 81.2 cm³/mol. The van der Waals surface area contributed by atoms with Gasteiger partial charge in [-0.05, 0) is 57.9 Å². The molecule has 0 N–H and O–H groups in total. The van der Waals surface area contributed by atoms with Gasteiger partial charge in [0.25, 0.3) is 0 Å². The van der Waals surface area contributed by atoms with Crippen molar-refractivity contribution in [3.05, 3.63) is 35.1 Å². The van der Waals surface area contributed by atoms with Crippen molar-refractivity contribution in [2.75, 3.05) is 13.1 Å². The number of halogens is 1. The Bertz CT molecular complexity index is 384. The Labute approximate surface area is 121 Å². The summed E-state index contributed by atoms with van der Waals surface area (Å²) in [6.07, 6.45) is 12.6. The summed E-state index contributed by atoms with van der Waals surface area (Å²) >= 11 is 5.98. The summed E-state index contributed by atoms with van der Waals surface area (Å²) < 4.78 is 6.15. The van der Waals surface area contributed by atoms with E-state index in [4.69, 9.17) is 16.3 Å². The first-order valence-electron chi connectivity index (χ1n) is 7.29. The van der Waals surface area contributed by atoms with E-state index in [1.165, 1.54) is 13.0 Å². The zero-order chi connectivity index (χ0) is 13.7. The lowest BCUT2D eigenvalue weighted by molar-refractivity contribution is 0.0977. The highest BCUT2D eigenvalue weighted by atomic mass is 35.5. The molecular weight excluding hydrogens is 258 g/mol. The number of likely N-dealkylation sites (tertiary alicyclic amines) is 1. The quantitative estimate of drug-likeness (QED) is 0.767. The molecular formula is C16H24ClNO. The van der Waals surface area contributed by atoms with E-state index in [0.29, 0.717) is 12.1 Å². The van der Waals surface area contributed by atoms with Crippen LogP contribution < -0.4 is 0 Å². The number of hydrogen-bond acceptors (Lipinski definition) is 2. The maximum absolute atomic E-state index is 6.15. The fourth-order valence-electron chi connectivity index (χ4n) is 2.61. The Hall–Kier alpha value is -0.730. The molecule has 1 heterocycles. The second-order valence-corrected chi connectivity index (χ2v) is 6.03. The summed E-state index contributed by atoms with van der Waals surface area (Å²) in [6.45, 7) is 6.88. The summed E-state index contributed by atoms with van der Waals surface area (Å²) in [6, 6.07) is 0.639. The molecule has 1 unspecified atom stereocenters. The topological polar surface area (TPSA) is 12.5 Å². The van der Waals surface area contributed by atoms with Gasteiger partial charge in [-0.3, -0.25) is 0 Å². The van der Waals surface area contributed by atoms with E-state index in [1.54, 1.807) is 0 Å². The van der Waals surface area contributed by atoms with Crippen molar-refractivity contribution >= 4 is 11.6 Å². The van der Waals surface area contributed by atoms with Crippen LogP contribution in [0, 0.1) is 0 Å². The van der Waals surface area contributed by atoms with Crippen LogP contribution in [-0.4, -0.2) is 30.1 Å². The Morgan fingerprint density at radius 1 is 1.26 bits per heavy atom. The maximum Gasteiger partial charge on any atom is 0.100 e. The molecule has 1 saturated heterocycles. The van der Waals surface area contributed by atoms with E-state index < -0.39 is 0 Å². The van der Waals surface area contributed by atoms with Gasteiger partial charge in [0.15, 0.2) is 0 Å². The van der Waals surface area contributed by atoms with Gasteiger partial charge in [0, 0.05) is 24.0 Å². The average molecular weight is 282 g/mol. The molecule has 0 bridgehead atoms. The molecule has 0 radical (unpaired) electrons. The van der Waals surface area contributed by atoms with E-state index >= 15 is 0 Å². The molecule has 3 heteroatoms. The van der Waals surface area contributed by atoms with Gasteiger partial charge in [-0.25, -0.2) is 0 Å². The standard InChI is InChI=1S/C16H24ClNO/c1-13(2)18-11-4-7-16(10-12-18)19-15-6-3-5-14(17)8-9-15/h3,5,8-9,13,16H,4,6-7,10-12H2,1-2H3. The zero-order valence-electron chi connectivity index (χ0n) is 11.9. The van der Waals surface area contributed by atoms with E-state index in [-0.39, 0.29) is 0 Å². The maximum atomic E-state index is 6.15. The van der Waals surface area contributed by atoms with Gasteiger partial charge < -0.3 is 9.64 Å². The van der Waals surface area contributed by atoms with Gasteiger partial charge in [0.1, 0.15) is 5.76 Å². The number of allylic oxidation sites excluding steroid dienone is 5. The zero-order valence-corrected chi connectivity index (χ0v) is 12.7. The first-order valence-corrected chi connectivity index (χ1v) is 7.66. The molecule has 0 saturated carbocycles. The van der Waals surface area contributed by atoms with Crippen LogP contribution in [0.2, 0.25) is 0 Å². The molecule has 1 aliphatic carbocycles. The summed E-state index contributed by atoms with van der Waals surface area (Å²) in [4.78, 5) is 2.54. The molecule has 2 rings (SSSR count). The lowest BCUT2D eigenvalue weighted by atomic mass is 10.1. The van der Waals surface area contributed by atoms with Crippen molar-refractivity contribution in [1.82, 2.24) is 4.90 Å². The molecule has 0 spiro atoms. The van der Waals surface area contributed by atoms with Gasteiger partial charge >= 0.3 is 0 Å². The second kappa shape index (κ2) is 7.16. The normalized spacial score (nSPS) is 25.6. The Morgan fingerprint density at radius 3 is 2.89 bits per heavy atom. The molecule has 2 nitrogen and oxygen atoms in total. The van der Waals surface area contributed by atoms with E-state index in [0.717, 1.165) is 36.6 Å². The highest BCUT2D eigenvalue weighted by molar-refractivity contribution is 6.31. The minimum atomic E-state index is 0.355. The average Bonchev–Trinajstić information content (AvgIpc) is 2.71. The molecule has 106 valence electrons. The molecule has 0 aromatic rings. The van der Waals surface area contributed by atoms with Gasteiger partial charge in [-0.2, -0.15) is 0 Å². The number of rotatable bonds is 3. The van der Waals surface area contributed by atoms with Gasteiger partial charge in [-0.15, -0.1) is 0 Å². The summed E-state index contributed by atoms with van der Waals surface area (Å²) in [5.74, 6) is 1.04. The van der Waals surface area contributed by atoms with E-state index in [2.05, 4.69) is 24.8 Å². The first-order chi connectivity index (χ1) is 9.15. The van der Waals surface area contributed by atoms with Crippen LogP contribution in [0.5, 0.6) is 0 Å². The molecule has 2 aliphatic rings. The van der Waals surface area contributed by atoms with Crippen LogP contribution in [0.25, 0.3) is 0 Å². The lowest BCUT2D eigenvalue weighted by Crippen LogP contribution is -2.32. The summed E-state index contributed by atoms with van der Waals surface area (Å²) in [5.41, 5.74) is 0. The third-order valence-corrected chi connectivity index (χ3v) is 4.03. The molecule has 1 fully saturated rings. The van der Waals surface area contributed by atoms with Crippen molar-refractivity contribution in [3.63, 3.8) is 0 Å². The third-order valence-electron chi connectivity index (χ3n) is 3.78. The lowest BCUT2D eigenvalue weighted by Gasteiger charge is -2.24. The van der Waals surface area contributed by atoms with Crippen LogP contribution in [0.1, 0.15) is 39.5 Å². The van der Waals surface area contributed by atoms with Gasteiger partial charge in [0.05, 0.1) is 6.10 Å². The van der Waals surface area contributed by atoms with Crippen LogP contribution >= 0.6 is 11.6 Å². The minimum absolute atomic E-state index is 0.355. The molecule has 19 heavy (non-hydrogen) atoms. The van der Waals surface area contributed by atoms with Gasteiger partial charge in [0.2, 0.25) is 0 Å². The Balaban J connectivity index is 1.88. The van der Waals surface area contributed by atoms with Gasteiger partial charge in [-0.1, -0.05) is 17.7 Å². The number of nitrogens with zero attached hydrogens (tertiary/aromatic N) is 1. The number of hydrogen-bond donors (Lipinski definition) is 0. The highest BCUT2D eigenvalue weighted by Gasteiger charge is 2.20. The van der Waals surface area contributed by atoms with E-state index in [9.17, 15) is 0 Å². The largest absolute Gasteiger partial charge is 0.494 e. The minimum Gasteiger partial charge on any atom is -0.494 e. The summed E-state index contributed by atoms with van der Waals surface area (Å²) in [7, 11) is 0. The smallest absolute Gasteiger partial charge is 0.100 e. The SMILES string of the molecule is CC(C)N1CCCC(OC2=CC=C(Cl)C=CC2)CC1. The van der Waals surface area contributed by atoms with Crippen LogP contribution in [0.3, 0.4) is 0 Å². The predicted octanol–water partition coefficient (Wildman–Crippen LogP) is 4.23. The Morgan fingerprint density at radius 2 is 2.11 bits per heavy atom.